The standard InChI is InChI=1S/C13H17F2NO2/c1-8(16)12(17)18-13(2,3)7-9-4-10(14)6-11(15)5-9/h4-6,8H,7,16H2,1-3H3/t8-/m0/s1. The van der Waals surface area contributed by atoms with Gasteiger partial charge in [0.25, 0.3) is 0 Å². The molecule has 5 heteroatoms. The molecule has 0 unspecified atom stereocenters. The van der Waals surface area contributed by atoms with E-state index in [0.29, 0.717) is 5.56 Å². The van der Waals surface area contributed by atoms with Crippen LogP contribution in [0.3, 0.4) is 0 Å². The molecular formula is C13H17F2NO2. The predicted octanol–water partition coefficient (Wildman–Crippen LogP) is 2.18. The highest BCUT2D eigenvalue weighted by atomic mass is 19.1. The van der Waals surface area contributed by atoms with E-state index < -0.39 is 29.2 Å². The first-order valence-electron chi connectivity index (χ1n) is 5.63. The Morgan fingerprint density at radius 1 is 1.33 bits per heavy atom. The molecule has 0 saturated carbocycles. The van der Waals surface area contributed by atoms with Gasteiger partial charge in [0.05, 0.1) is 0 Å². The molecule has 18 heavy (non-hydrogen) atoms. The second-order valence-electron chi connectivity index (χ2n) is 4.92. The highest BCUT2D eigenvalue weighted by Gasteiger charge is 2.25. The zero-order valence-corrected chi connectivity index (χ0v) is 10.7. The summed E-state index contributed by atoms with van der Waals surface area (Å²) in [5, 5.41) is 0. The number of carbonyl (C=O) groups is 1. The number of esters is 1. The molecule has 0 fully saturated rings. The summed E-state index contributed by atoms with van der Waals surface area (Å²) in [6.07, 6.45) is 0.208. The summed E-state index contributed by atoms with van der Waals surface area (Å²) in [7, 11) is 0. The van der Waals surface area contributed by atoms with E-state index in [2.05, 4.69) is 0 Å². The molecule has 0 aliphatic heterocycles. The lowest BCUT2D eigenvalue weighted by molar-refractivity contribution is -0.157. The number of rotatable bonds is 4. The molecule has 0 aromatic heterocycles. The van der Waals surface area contributed by atoms with Crippen LogP contribution in [0, 0.1) is 11.6 Å². The third-order valence-electron chi connectivity index (χ3n) is 2.30. The van der Waals surface area contributed by atoms with E-state index in [0.717, 1.165) is 6.07 Å². The Morgan fingerprint density at radius 3 is 2.28 bits per heavy atom. The minimum Gasteiger partial charge on any atom is -0.458 e. The molecule has 0 heterocycles. The molecule has 1 rings (SSSR count). The van der Waals surface area contributed by atoms with Gasteiger partial charge in [-0.05, 0) is 38.5 Å². The smallest absolute Gasteiger partial charge is 0.323 e. The van der Waals surface area contributed by atoms with E-state index >= 15 is 0 Å². The molecule has 0 radical (unpaired) electrons. The number of halogens is 2. The van der Waals surface area contributed by atoms with Crippen LogP contribution in [0.1, 0.15) is 26.3 Å². The summed E-state index contributed by atoms with van der Waals surface area (Å²) in [6, 6.07) is 2.49. The summed E-state index contributed by atoms with van der Waals surface area (Å²) in [5.41, 5.74) is 4.95. The van der Waals surface area contributed by atoms with Crippen LogP contribution in [0.15, 0.2) is 18.2 Å². The topological polar surface area (TPSA) is 52.3 Å². The first kappa shape index (κ1) is 14.6. The fraction of sp³-hybridized carbons (Fsp3) is 0.462. The molecule has 0 spiro atoms. The van der Waals surface area contributed by atoms with Crippen molar-refractivity contribution in [3.05, 3.63) is 35.4 Å². The van der Waals surface area contributed by atoms with Crippen LogP contribution in [0.5, 0.6) is 0 Å². The van der Waals surface area contributed by atoms with Crippen LogP contribution >= 0.6 is 0 Å². The van der Waals surface area contributed by atoms with E-state index in [1.165, 1.54) is 19.1 Å². The maximum atomic E-state index is 13.0. The minimum atomic E-state index is -0.870. The summed E-state index contributed by atoms with van der Waals surface area (Å²) in [4.78, 5) is 11.4. The number of benzene rings is 1. The highest BCUT2D eigenvalue weighted by Crippen LogP contribution is 2.19. The number of carbonyl (C=O) groups excluding carboxylic acids is 1. The number of hydrogen-bond acceptors (Lipinski definition) is 3. The maximum Gasteiger partial charge on any atom is 0.323 e. The molecular weight excluding hydrogens is 240 g/mol. The number of ether oxygens (including phenoxy) is 1. The lowest BCUT2D eigenvalue weighted by atomic mass is 9.98. The highest BCUT2D eigenvalue weighted by molar-refractivity contribution is 5.75. The molecule has 1 aromatic rings. The Bertz CT molecular complexity index is 424. The Morgan fingerprint density at radius 2 is 1.83 bits per heavy atom. The van der Waals surface area contributed by atoms with E-state index in [1.807, 2.05) is 0 Å². The Hall–Kier alpha value is -1.49. The molecule has 3 nitrogen and oxygen atoms in total. The van der Waals surface area contributed by atoms with Crippen molar-refractivity contribution in [2.45, 2.75) is 38.8 Å². The van der Waals surface area contributed by atoms with Crippen LogP contribution in [0.25, 0.3) is 0 Å². The van der Waals surface area contributed by atoms with E-state index in [1.54, 1.807) is 13.8 Å². The molecule has 100 valence electrons. The zero-order chi connectivity index (χ0) is 13.9. The number of nitrogens with two attached hydrogens (primary N) is 1. The summed E-state index contributed by atoms with van der Waals surface area (Å²) in [5.74, 6) is -1.85. The fourth-order valence-electron chi connectivity index (χ4n) is 1.61. The van der Waals surface area contributed by atoms with Crippen molar-refractivity contribution in [2.75, 3.05) is 0 Å². The van der Waals surface area contributed by atoms with Crippen LogP contribution in [-0.2, 0) is 16.0 Å². The molecule has 0 aliphatic rings. The Labute approximate surface area is 105 Å². The van der Waals surface area contributed by atoms with Gasteiger partial charge in [-0.15, -0.1) is 0 Å². The van der Waals surface area contributed by atoms with Gasteiger partial charge >= 0.3 is 5.97 Å². The average Bonchev–Trinajstić information content (AvgIpc) is 2.13. The first-order valence-corrected chi connectivity index (χ1v) is 5.63. The van der Waals surface area contributed by atoms with Gasteiger partial charge in [0.1, 0.15) is 23.3 Å². The maximum absolute atomic E-state index is 13.0. The van der Waals surface area contributed by atoms with Crippen LogP contribution in [0.2, 0.25) is 0 Å². The average molecular weight is 257 g/mol. The molecule has 2 N–H and O–H groups in total. The molecule has 1 aromatic carbocycles. The molecule has 0 amide bonds. The van der Waals surface area contributed by atoms with Gasteiger partial charge in [0, 0.05) is 12.5 Å². The third-order valence-corrected chi connectivity index (χ3v) is 2.30. The van der Waals surface area contributed by atoms with Gasteiger partial charge in [0.15, 0.2) is 0 Å². The molecule has 1 atom stereocenters. The minimum absolute atomic E-state index is 0.208. The Kier molecular flexibility index (Phi) is 4.40. The quantitative estimate of drug-likeness (QED) is 0.841. The third kappa shape index (κ3) is 4.41. The monoisotopic (exact) mass is 257 g/mol. The second kappa shape index (κ2) is 5.44. The van der Waals surface area contributed by atoms with Crippen molar-refractivity contribution in [3.63, 3.8) is 0 Å². The van der Waals surface area contributed by atoms with Crippen LogP contribution < -0.4 is 5.73 Å². The van der Waals surface area contributed by atoms with Gasteiger partial charge < -0.3 is 10.5 Å². The fourth-order valence-corrected chi connectivity index (χ4v) is 1.61. The van der Waals surface area contributed by atoms with Crippen molar-refractivity contribution in [2.24, 2.45) is 5.73 Å². The first-order chi connectivity index (χ1) is 8.19. The van der Waals surface area contributed by atoms with Gasteiger partial charge in [-0.25, -0.2) is 8.78 Å². The van der Waals surface area contributed by atoms with Gasteiger partial charge in [-0.3, -0.25) is 4.79 Å². The largest absolute Gasteiger partial charge is 0.458 e. The summed E-state index contributed by atoms with van der Waals surface area (Å²) >= 11 is 0. The van der Waals surface area contributed by atoms with Crippen molar-refractivity contribution >= 4 is 5.97 Å². The molecule has 0 bridgehead atoms. The van der Waals surface area contributed by atoms with Crippen molar-refractivity contribution in [1.82, 2.24) is 0 Å². The normalized spacial score (nSPS) is 13.2. The molecule has 0 saturated heterocycles. The van der Waals surface area contributed by atoms with E-state index in [-0.39, 0.29) is 6.42 Å². The zero-order valence-electron chi connectivity index (χ0n) is 10.7. The molecule has 0 aliphatic carbocycles. The predicted molar refractivity (Wildman–Crippen MR) is 63.9 cm³/mol. The summed E-state index contributed by atoms with van der Waals surface area (Å²) in [6.45, 7) is 4.84. The van der Waals surface area contributed by atoms with Crippen molar-refractivity contribution in [1.29, 1.82) is 0 Å². The van der Waals surface area contributed by atoms with Gasteiger partial charge in [0.2, 0.25) is 0 Å². The Balaban J connectivity index is 2.78. The van der Waals surface area contributed by atoms with Crippen molar-refractivity contribution < 1.29 is 18.3 Å². The SMILES string of the molecule is C[C@H](N)C(=O)OC(C)(C)Cc1cc(F)cc(F)c1. The van der Waals surface area contributed by atoms with Crippen LogP contribution in [-0.4, -0.2) is 17.6 Å². The summed E-state index contributed by atoms with van der Waals surface area (Å²) < 4.78 is 31.2. The second-order valence-corrected chi connectivity index (χ2v) is 4.92. The van der Waals surface area contributed by atoms with Crippen LogP contribution in [0.4, 0.5) is 8.78 Å². The van der Waals surface area contributed by atoms with E-state index in [9.17, 15) is 13.6 Å². The van der Waals surface area contributed by atoms with Crippen molar-refractivity contribution in [3.8, 4) is 0 Å². The lowest BCUT2D eigenvalue weighted by Crippen LogP contribution is -2.38. The van der Waals surface area contributed by atoms with Gasteiger partial charge in [-0.1, -0.05) is 0 Å². The number of hydrogen-bond donors (Lipinski definition) is 1. The van der Waals surface area contributed by atoms with E-state index in [4.69, 9.17) is 10.5 Å². The van der Waals surface area contributed by atoms with Gasteiger partial charge in [-0.2, -0.15) is 0 Å². The lowest BCUT2D eigenvalue weighted by Gasteiger charge is -2.26.